The van der Waals surface area contributed by atoms with Crippen molar-refractivity contribution >= 4 is 22.1 Å². The van der Waals surface area contributed by atoms with Crippen molar-refractivity contribution in [1.29, 1.82) is 0 Å². The van der Waals surface area contributed by atoms with E-state index in [0.29, 0.717) is 58.4 Å². The van der Waals surface area contributed by atoms with Crippen molar-refractivity contribution in [2.24, 2.45) is 0 Å². The number of hydrogen-bond donors (Lipinski definition) is 2. The highest BCUT2D eigenvalue weighted by Crippen LogP contribution is 2.32. The van der Waals surface area contributed by atoms with E-state index in [1.165, 1.54) is 24.3 Å². The lowest BCUT2D eigenvalue weighted by Crippen LogP contribution is -2.15. The summed E-state index contributed by atoms with van der Waals surface area (Å²) < 4.78 is 40.3. The summed E-state index contributed by atoms with van der Waals surface area (Å²) in [6.07, 6.45) is 1.64. The molecule has 0 fully saturated rings. The number of aromatic amines is 2. The summed E-state index contributed by atoms with van der Waals surface area (Å²) in [5, 5.41) is 0. The van der Waals surface area contributed by atoms with Crippen LogP contribution in [0.5, 0.6) is 11.5 Å². The molecule has 2 heterocycles. The molecule has 0 radical (unpaired) electrons. The molecule has 0 saturated heterocycles. The molecule has 8 nitrogen and oxygen atoms in total. The van der Waals surface area contributed by atoms with Gasteiger partial charge in [-0.05, 0) is 53.2 Å². The minimum absolute atomic E-state index is 0.386. The lowest BCUT2D eigenvalue weighted by atomic mass is 10.1. The molecule has 5 rings (SSSR count). The third-order valence-corrected chi connectivity index (χ3v) is 6.48. The van der Waals surface area contributed by atoms with Crippen molar-refractivity contribution in [3.63, 3.8) is 0 Å². The summed E-state index contributed by atoms with van der Waals surface area (Å²) >= 11 is 0. The molecule has 40 heavy (non-hydrogen) atoms. The zero-order valence-corrected chi connectivity index (χ0v) is 23.2. The summed E-state index contributed by atoms with van der Waals surface area (Å²) in [5.74, 6) is 1.27. The maximum absolute atomic E-state index is 14.3. The molecule has 2 N–H and O–H groups in total. The van der Waals surface area contributed by atoms with Gasteiger partial charge < -0.3 is 29.2 Å². The SMILES string of the molecule is CN(C)CCCOc1cc(F)cc2[nH]c(-c3ccc(-c4nc5c(OCCCN(C)C)cc(F)cc5[nH]4)cc3)nc12. The van der Waals surface area contributed by atoms with Gasteiger partial charge in [0.15, 0.2) is 0 Å². The van der Waals surface area contributed by atoms with E-state index in [-0.39, 0.29) is 11.6 Å². The Balaban J connectivity index is 1.36. The van der Waals surface area contributed by atoms with E-state index in [2.05, 4.69) is 19.8 Å². The number of benzene rings is 3. The van der Waals surface area contributed by atoms with Gasteiger partial charge in [-0.3, -0.25) is 0 Å². The standard InChI is InChI=1S/C30H34F2N6O2/c1-37(2)11-5-13-39-25-17-21(31)15-23-27(25)35-29(33-23)19-7-9-20(10-8-19)30-34-24-16-22(32)18-26(28(24)36-30)40-14-6-12-38(3)4/h7-10,15-18H,5-6,11-14H2,1-4H3,(H,33,35)(H,34,36). The first-order chi connectivity index (χ1) is 19.3. The van der Waals surface area contributed by atoms with Crippen molar-refractivity contribution in [3.8, 4) is 34.3 Å². The summed E-state index contributed by atoms with van der Waals surface area (Å²) in [5.41, 5.74) is 3.96. The summed E-state index contributed by atoms with van der Waals surface area (Å²) in [4.78, 5) is 20.0. The van der Waals surface area contributed by atoms with Gasteiger partial charge in [0.2, 0.25) is 0 Å². The van der Waals surface area contributed by atoms with Crippen LogP contribution in [0.25, 0.3) is 44.8 Å². The van der Waals surface area contributed by atoms with E-state index in [9.17, 15) is 8.78 Å². The Bertz CT molecular complexity index is 1470. The van der Waals surface area contributed by atoms with Gasteiger partial charge in [0.25, 0.3) is 0 Å². The maximum Gasteiger partial charge on any atom is 0.150 e. The molecule has 0 aliphatic carbocycles. The van der Waals surface area contributed by atoms with Crippen LogP contribution in [-0.2, 0) is 0 Å². The van der Waals surface area contributed by atoms with Gasteiger partial charge in [0.05, 0.1) is 24.2 Å². The number of halogens is 2. The third kappa shape index (κ3) is 6.40. The van der Waals surface area contributed by atoms with Crippen LogP contribution in [0.3, 0.4) is 0 Å². The van der Waals surface area contributed by atoms with Crippen LogP contribution in [0.4, 0.5) is 8.78 Å². The largest absolute Gasteiger partial charge is 0.491 e. The van der Waals surface area contributed by atoms with E-state index >= 15 is 0 Å². The van der Waals surface area contributed by atoms with Crippen LogP contribution in [0.1, 0.15) is 12.8 Å². The van der Waals surface area contributed by atoms with Crippen molar-refractivity contribution in [2.75, 3.05) is 54.5 Å². The molecule has 0 aliphatic rings. The van der Waals surface area contributed by atoms with E-state index in [1.807, 2.05) is 52.5 Å². The molecule has 210 valence electrons. The average molecular weight is 549 g/mol. The van der Waals surface area contributed by atoms with Crippen molar-refractivity contribution in [2.45, 2.75) is 12.8 Å². The smallest absolute Gasteiger partial charge is 0.150 e. The Morgan fingerprint density at radius 3 is 1.43 bits per heavy atom. The highest BCUT2D eigenvalue weighted by molar-refractivity contribution is 5.86. The molecule has 2 aromatic heterocycles. The predicted molar refractivity (Wildman–Crippen MR) is 154 cm³/mol. The molecule has 0 saturated carbocycles. The van der Waals surface area contributed by atoms with Gasteiger partial charge in [-0.25, -0.2) is 18.7 Å². The van der Waals surface area contributed by atoms with Crippen LogP contribution in [0, 0.1) is 11.6 Å². The van der Waals surface area contributed by atoms with E-state index < -0.39 is 0 Å². The number of H-pyrrole nitrogens is 2. The van der Waals surface area contributed by atoms with Crippen molar-refractivity contribution in [3.05, 3.63) is 60.2 Å². The number of nitrogens with zero attached hydrogens (tertiary/aromatic N) is 4. The minimum atomic E-state index is -0.386. The molecule has 0 atom stereocenters. The number of aromatic nitrogens is 4. The fourth-order valence-electron chi connectivity index (χ4n) is 4.51. The van der Waals surface area contributed by atoms with Gasteiger partial charge in [0.1, 0.15) is 45.8 Å². The van der Waals surface area contributed by atoms with E-state index in [0.717, 1.165) is 37.1 Å². The van der Waals surface area contributed by atoms with Gasteiger partial charge in [0, 0.05) is 36.3 Å². The number of ether oxygens (including phenoxy) is 2. The van der Waals surface area contributed by atoms with Gasteiger partial charge in [-0.15, -0.1) is 0 Å². The molecule has 0 amide bonds. The molecular weight excluding hydrogens is 514 g/mol. The maximum atomic E-state index is 14.3. The van der Waals surface area contributed by atoms with Gasteiger partial charge >= 0.3 is 0 Å². The van der Waals surface area contributed by atoms with Crippen molar-refractivity contribution < 1.29 is 18.3 Å². The van der Waals surface area contributed by atoms with Crippen LogP contribution in [0.2, 0.25) is 0 Å². The quantitative estimate of drug-likeness (QED) is 0.194. The molecule has 0 spiro atoms. The van der Waals surface area contributed by atoms with Gasteiger partial charge in [-0.2, -0.15) is 0 Å². The first-order valence-corrected chi connectivity index (χ1v) is 13.3. The van der Waals surface area contributed by atoms with Crippen molar-refractivity contribution in [1.82, 2.24) is 29.7 Å². The van der Waals surface area contributed by atoms with E-state index in [1.54, 1.807) is 0 Å². The number of hydrogen-bond acceptors (Lipinski definition) is 6. The molecule has 0 bridgehead atoms. The lowest BCUT2D eigenvalue weighted by Gasteiger charge is -2.10. The van der Waals surface area contributed by atoms with Crippen LogP contribution >= 0.6 is 0 Å². The number of fused-ring (bicyclic) bond motifs is 2. The second-order valence-electron chi connectivity index (χ2n) is 10.4. The monoisotopic (exact) mass is 548 g/mol. The highest BCUT2D eigenvalue weighted by Gasteiger charge is 2.15. The number of imidazole rings is 2. The Morgan fingerprint density at radius 1 is 0.650 bits per heavy atom. The number of nitrogens with one attached hydrogen (secondary N) is 2. The van der Waals surface area contributed by atoms with Gasteiger partial charge in [-0.1, -0.05) is 24.3 Å². The summed E-state index contributed by atoms with van der Waals surface area (Å²) in [7, 11) is 8.00. The minimum Gasteiger partial charge on any atom is -0.491 e. The fourth-order valence-corrected chi connectivity index (χ4v) is 4.51. The lowest BCUT2D eigenvalue weighted by molar-refractivity contribution is 0.283. The fraction of sp³-hybridized carbons (Fsp3) is 0.333. The second-order valence-corrected chi connectivity index (χ2v) is 10.4. The molecule has 10 heteroatoms. The average Bonchev–Trinajstić information content (AvgIpc) is 3.53. The molecular formula is C30H34F2N6O2. The summed E-state index contributed by atoms with van der Waals surface area (Å²) in [6.45, 7) is 2.69. The zero-order valence-electron chi connectivity index (χ0n) is 23.2. The first-order valence-electron chi connectivity index (χ1n) is 13.3. The first kappa shape index (κ1) is 27.5. The van der Waals surface area contributed by atoms with E-state index in [4.69, 9.17) is 19.4 Å². The Labute approximate surface area is 231 Å². The number of rotatable bonds is 12. The highest BCUT2D eigenvalue weighted by atomic mass is 19.1. The molecule has 0 unspecified atom stereocenters. The topological polar surface area (TPSA) is 82.3 Å². The molecule has 5 aromatic rings. The van der Waals surface area contributed by atoms with Crippen LogP contribution in [-0.4, -0.2) is 84.2 Å². The normalized spacial score (nSPS) is 11.8. The Kier molecular flexibility index (Phi) is 8.27. The molecule has 0 aliphatic heterocycles. The molecule has 3 aromatic carbocycles. The Morgan fingerprint density at radius 2 is 1.05 bits per heavy atom. The Hall–Kier alpha value is -4.02. The predicted octanol–water partition coefficient (Wildman–Crippen LogP) is 5.71. The van der Waals surface area contributed by atoms with Crippen LogP contribution < -0.4 is 9.47 Å². The third-order valence-electron chi connectivity index (χ3n) is 6.48. The van der Waals surface area contributed by atoms with Crippen LogP contribution in [0.15, 0.2) is 48.5 Å². The summed E-state index contributed by atoms with van der Waals surface area (Å²) in [6, 6.07) is 13.2. The second kappa shape index (κ2) is 12.0. The zero-order chi connectivity index (χ0) is 28.2.